The molecule has 1 aromatic rings. The van der Waals surface area contributed by atoms with Gasteiger partial charge in [0, 0.05) is 32.1 Å². The molecule has 1 aromatic heterocycles. The van der Waals surface area contributed by atoms with Crippen LogP contribution in [0.2, 0.25) is 0 Å². The van der Waals surface area contributed by atoms with Crippen molar-refractivity contribution in [2.75, 3.05) is 33.7 Å². The molecule has 3 N–H and O–H groups in total. The van der Waals surface area contributed by atoms with E-state index in [9.17, 15) is 9.59 Å². The molecule has 0 aromatic carbocycles. The average Bonchev–Trinajstić information content (AvgIpc) is 2.90. The molecule has 9 heteroatoms. The van der Waals surface area contributed by atoms with Crippen molar-refractivity contribution >= 4 is 11.8 Å². The molecule has 1 unspecified atom stereocenters. The number of primary amides is 1. The first-order chi connectivity index (χ1) is 9.95. The summed E-state index contributed by atoms with van der Waals surface area (Å²) in [6, 6.07) is 0.188. The first kappa shape index (κ1) is 15.4. The van der Waals surface area contributed by atoms with Crippen LogP contribution >= 0.6 is 0 Å². The smallest absolute Gasteiger partial charge is 0.290 e. The van der Waals surface area contributed by atoms with Crippen molar-refractivity contribution in [2.24, 2.45) is 5.73 Å². The van der Waals surface area contributed by atoms with Crippen molar-refractivity contribution in [3.05, 3.63) is 11.7 Å². The Morgan fingerprint density at radius 3 is 2.86 bits per heavy atom. The Hall–Kier alpha value is -2.00. The van der Waals surface area contributed by atoms with E-state index < -0.39 is 5.91 Å². The van der Waals surface area contributed by atoms with Crippen LogP contribution in [0.15, 0.2) is 4.52 Å². The summed E-state index contributed by atoms with van der Waals surface area (Å²) in [5, 5.41) is 6.11. The van der Waals surface area contributed by atoms with E-state index in [4.69, 9.17) is 10.3 Å². The highest BCUT2D eigenvalue weighted by molar-refractivity contribution is 5.88. The predicted molar refractivity (Wildman–Crippen MR) is 73.2 cm³/mol. The molecule has 9 nitrogen and oxygen atoms in total. The lowest BCUT2D eigenvalue weighted by atomic mass is 10.1. The zero-order valence-electron chi connectivity index (χ0n) is 12.2. The molecule has 21 heavy (non-hydrogen) atoms. The third-order valence-electron chi connectivity index (χ3n) is 3.53. The van der Waals surface area contributed by atoms with Crippen LogP contribution in [-0.2, 0) is 11.3 Å². The second-order valence-electron chi connectivity index (χ2n) is 5.25. The van der Waals surface area contributed by atoms with Gasteiger partial charge in [-0.3, -0.25) is 9.59 Å². The molecule has 1 atom stereocenters. The van der Waals surface area contributed by atoms with Crippen molar-refractivity contribution < 1.29 is 14.1 Å². The Balaban J connectivity index is 1.80. The molecule has 0 aliphatic carbocycles. The van der Waals surface area contributed by atoms with Gasteiger partial charge in [-0.25, -0.2) is 0 Å². The van der Waals surface area contributed by atoms with E-state index in [1.807, 2.05) is 14.1 Å². The van der Waals surface area contributed by atoms with E-state index in [0.29, 0.717) is 6.42 Å². The van der Waals surface area contributed by atoms with Gasteiger partial charge >= 0.3 is 0 Å². The minimum Gasteiger partial charge on any atom is -0.363 e. The van der Waals surface area contributed by atoms with Crippen molar-refractivity contribution in [3.63, 3.8) is 0 Å². The molecule has 1 aliphatic heterocycles. The summed E-state index contributed by atoms with van der Waals surface area (Å²) in [7, 11) is 4.06. The van der Waals surface area contributed by atoms with E-state index in [2.05, 4.69) is 25.3 Å². The predicted octanol–water partition coefficient (Wildman–Crippen LogP) is -1.58. The van der Waals surface area contributed by atoms with Gasteiger partial charge in [-0.1, -0.05) is 5.16 Å². The molecule has 2 heterocycles. The molecule has 2 amide bonds. The molecule has 0 saturated carbocycles. The van der Waals surface area contributed by atoms with Gasteiger partial charge < -0.3 is 25.4 Å². The minimum atomic E-state index is -0.761. The van der Waals surface area contributed by atoms with Crippen LogP contribution < -0.4 is 11.1 Å². The quantitative estimate of drug-likeness (QED) is 0.673. The number of nitrogens with zero attached hydrogens (tertiary/aromatic N) is 4. The molecular weight excluding hydrogens is 276 g/mol. The Morgan fingerprint density at radius 1 is 1.43 bits per heavy atom. The van der Waals surface area contributed by atoms with E-state index in [-0.39, 0.29) is 30.2 Å². The van der Waals surface area contributed by atoms with Crippen molar-refractivity contribution in [3.8, 4) is 0 Å². The van der Waals surface area contributed by atoms with Crippen LogP contribution in [-0.4, -0.2) is 71.5 Å². The van der Waals surface area contributed by atoms with Crippen LogP contribution in [0.3, 0.4) is 0 Å². The van der Waals surface area contributed by atoms with Gasteiger partial charge in [0.25, 0.3) is 11.7 Å². The van der Waals surface area contributed by atoms with E-state index in [0.717, 1.165) is 19.6 Å². The molecule has 1 fully saturated rings. The van der Waals surface area contributed by atoms with Crippen molar-refractivity contribution in [1.82, 2.24) is 25.3 Å². The first-order valence-corrected chi connectivity index (χ1v) is 6.73. The highest BCUT2D eigenvalue weighted by Gasteiger charge is 2.24. The van der Waals surface area contributed by atoms with Gasteiger partial charge in [0.2, 0.25) is 11.8 Å². The monoisotopic (exact) mass is 296 g/mol. The van der Waals surface area contributed by atoms with Crippen LogP contribution in [0.25, 0.3) is 0 Å². The summed E-state index contributed by atoms with van der Waals surface area (Å²) >= 11 is 0. The molecule has 2 rings (SSSR count). The van der Waals surface area contributed by atoms with Gasteiger partial charge in [0.15, 0.2) is 0 Å². The van der Waals surface area contributed by atoms with E-state index in [1.165, 1.54) is 0 Å². The number of hydrogen-bond acceptors (Lipinski definition) is 7. The van der Waals surface area contributed by atoms with Gasteiger partial charge in [0.1, 0.15) is 0 Å². The molecule has 0 radical (unpaired) electrons. The summed E-state index contributed by atoms with van der Waals surface area (Å²) < 4.78 is 4.81. The van der Waals surface area contributed by atoms with Crippen molar-refractivity contribution in [2.45, 2.75) is 19.0 Å². The summed E-state index contributed by atoms with van der Waals surface area (Å²) in [4.78, 5) is 30.9. The number of hydrogen-bond donors (Lipinski definition) is 2. The summed E-state index contributed by atoms with van der Waals surface area (Å²) in [5.74, 6) is -0.886. The number of likely N-dealkylation sites (N-methyl/N-ethyl adjacent to an activating group) is 2. The molecule has 1 aliphatic rings. The maximum absolute atomic E-state index is 11.9. The maximum atomic E-state index is 11.9. The topological polar surface area (TPSA) is 118 Å². The summed E-state index contributed by atoms with van der Waals surface area (Å²) in [6.45, 7) is 2.90. The lowest BCUT2D eigenvalue weighted by Crippen LogP contribution is -2.51. The molecule has 116 valence electrons. The number of carbonyl (C=O) groups excluding carboxylic acids is 2. The molecule has 0 spiro atoms. The second kappa shape index (κ2) is 6.64. The zero-order chi connectivity index (χ0) is 15.4. The minimum absolute atomic E-state index is 0.0887. The first-order valence-electron chi connectivity index (χ1n) is 6.73. The number of carbonyl (C=O) groups is 2. The fourth-order valence-electron chi connectivity index (χ4n) is 2.21. The fraction of sp³-hybridized carbons (Fsp3) is 0.667. The van der Waals surface area contributed by atoms with Crippen LogP contribution in [0.4, 0.5) is 0 Å². The lowest BCUT2D eigenvalue weighted by molar-refractivity contribution is -0.123. The Kier molecular flexibility index (Phi) is 4.86. The highest BCUT2D eigenvalue weighted by atomic mass is 16.5. The number of piperazine rings is 1. The van der Waals surface area contributed by atoms with Gasteiger partial charge in [0.05, 0.1) is 6.54 Å². The van der Waals surface area contributed by atoms with E-state index >= 15 is 0 Å². The zero-order valence-corrected chi connectivity index (χ0v) is 12.2. The third kappa shape index (κ3) is 4.23. The van der Waals surface area contributed by atoms with Crippen LogP contribution in [0, 0.1) is 0 Å². The largest absolute Gasteiger partial charge is 0.363 e. The Labute approximate surface area is 122 Å². The van der Waals surface area contributed by atoms with Crippen LogP contribution in [0.1, 0.15) is 22.9 Å². The van der Waals surface area contributed by atoms with E-state index in [1.54, 1.807) is 0 Å². The Morgan fingerprint density at radius 2 is 2.19 bits per heavy atom. The number of aromatic nitrogens is 2. The molecule has 0 bridgehead atoms. The highest BCUT2D eigenvalue weighted by Crippen LogP contribution is 2.09. The standard InChI is InChI=1S/C12H20N6O3/c1-17-3-4-18(2)8(7-17)5-9(19)14-6-10-15-12(11(13)20)16-21-10/h8H,3-7H2,1-2H3,(H2,13,20)(H,14,19). The van der Waals surface area contributed by atoms with Gasteiger partial charge in [-0.15, -0.1) is 0 Å². The number of amides is 2. The normalized spacial score (nSPS) is 20.4. The third-order valence-corrected chi connectivity index (χ3v) is 3.53. The average molecular weight is 296 g/mol. The SMILES string of the molecule is CN1CCN(C)C(CC(=O)NCc2nc(C(N)=O)no2)C1. The number of nitrogens with two attached hydrogens (primary N) is 1. The number of nitrogens with one attached hydrogen (secondary N) is 1. The second-order valence-corrected chi connectivity index (χ2v) is 5.25. The van der Waals surface area contributed by atoms with Gasteiger partial charge in [-0.2, -0.15) is 4.98 Å². The Bertz CT molecular complexity index is 517. The fourth-order valence-corrected chi connectivity index (χ4v) is 2.21. The van der Waals surface area contributed by atoms with Gasteiger partial charge in [-0.05, 0) is 14.1 Å². The maximum Gasteiger partial charge on any atom is 0.290 e. The van der Waals surface area contributed by atoms with Crippen molar-refractivity contribution in [1.29, 1.82) is 0 Å². The molecular formula is C12H20N6O3. The molecule has 1 saturated heterocycles. The summed E-state index contributed by atoms with van der Waals surface area (Å²) in [5.41, 5.74) is 5.01. The number of rotatable bonds is 5. The van der Waals surface area contributed by atoms with Crippen LogP contribution in [0.5, 0.6) is 0 Å². The lowest BCUT2D eigenvalue weighted by Gasteiger charge is -2.37. The summed E-state index contributed by atoms with van der Waals surface area (Å²) in [6.07, 6.45) is 0.400.